The molecule has 0 aliphatic rings. The van der Waals surface area contributed by atoms with E-state index in [4.69, 9.17) is 9.97 Å². The summed E-state index contributed by atoms with van der Waals surface area (Å²) in [6.07, 6.45) is 0. The summed E-state index contributed by atoms with van der Waals surface area (Å²) in [5, 5.41) is 8.46. The van der Waals surface area contributed by atoms with E-state index in [1.807, 2.05) is 0 Å². The van der Waals surface area contributed by atoms with Crippen molar-refractivity contribution in [2.45, 2.75) is 0 Å². The van der Waals surface area contributed by atoms with Crippen molar-refractivity contribution >= 4 is 65.3 Å². The first-order valence-corrected chi connectivity index (χ1v) is 19.1. The maximum absolute atomic E-state index is 5.40. The number of rotatable bonds is 5. The van der Waals surface area contributed by atoms with E-state index in [-0.39, 0.29) is 0 Å². The van der Waals surface area contributed by atoms with E-state index in [2.05, 4.69) is 203 Å². The van der Waals surface area contributed by atoms with Gasteiger partial charge in [-0.1, -0.05) is 152 Å². The maximum Gasteiger partial charge on any atom is 0.235 e. The highest BCUT2D eigenvalue weighted by Crippen LogP contribution is 2.44. The number of benzene rings is 9. The van der Waals surface area contributed by atoms with Crippen LogP contribution in [-0.4, -0.2) is 19.1 Å². The fourth-order valence-electron chi connectivity index (χ4n) is 8.98. The van der Waals surface area contributed by atoms with Gasteiger partial charge in [0.05, 0.1) is 33.3 Å². The molecule has 0 aliphatic carbocycles. The first-order chi connectivity index (χ1) is 27.8. The van der Waals surface area contributed by atoms with Crippen LogP contribution in [0.25, 0.3) is 110 Å². The molecule has 260 valence electrons. The van der Waals surface area contributed by atoms with Crippen molar-refractivity contribution in [1.29, 1.82) is 0 Å². The van der Waals surface area contributed by atoms with Crippen LogP contribution in [-0.2, 0) is 0 Å². The van der Waals surface area contributed by atoms with Crippen molar-refractivity contribution < 1.29 is 0 Å². The van der Waals surface area contributed by atoms with Crippen molar-refractivity contribution in [3.8, 4) is 45.1 Å². The molecule has 4 heteroatoms. The highest BCUT2D eigenvalue weighted by atomic mass is 15.2. The molecule has 12 aromatic rings. The van der Waals surface area contributed by atoms with Gasteiger partial charge in [0, 0.05) is 38.2 Å². The van der Waals surface area contributed by atoms with Crippen LogP contribution >= 0.6 is 0 Å². The molecule has 0 N–H and O–H groups in total. The Kier molecular flexibility index (Phi) is 6.60. The van der Waals surface area contributed by atoms with Crippen LogP contribution in [0.3, 0.4) is 0 Å². The van der Waals surface area contributed by atoms with E-state index < -0.39 is 0 Å². The van der Waals surface area contributed by atoms with Crippen molar-refractivity contribution in [3.05, 3.63) is 194 Å². The molecule has 3 aromatic heterocycles. The van der Waals surface area contributed by atoms with E-state index in [0.717, 1.165) is 44.4 Å². The standard InChI is InChI=1S/C52H32N4/c1-3-12-33(13-4-1)34-22-24-36(25-23-34)51-43-18-7-9-19-44(43)53-52(54-51)56-45-20-10-8-17-40(45)41-28-27-37(32-48(41)56)39-30-31-47-50-42(39)29-26-35-14-11-21-46(49(35)50)55(47)38-15-5-2-6-16-38/h1-32H. The Labute approximate surface area is 322 Å². The van der Waals surface area contributed by atoms with Gasteiger partial charge < -0.3 is 4.57 Å². The van der Waals surface area contributed by atoms with Crippen LogP contribution in [0.15, 0.2) is 194 Å². The lowest BCUT2D eigenvalue weighted by atomic mass is 9.94. The lowest BCUT2D eigenvalue weighted by molar-refractivity contribution is 1.01. The largest absolute Gasteiger partial charge is 0.309 e. The maximum atomic E-state index is 5.40. The molecule has 0 amide bonds. The number of hydrogen-bond acceptors (Lipinski definition) is 2. The molecule has 0 unspecified atom stereocenters. The average molecular weight is 713 g/mol. The number of aromatic nitrogens is 4. The quantitative estimate of drug-likeness (QED) is 0.167. The normalized spacial score (nSPS) is 11.9. The number of hydrogen-bond donors (Lipinski definition) is 0. The van der Waals surface area contributed by atoms with Crippen molar-refractivity contribution in [2.75, 3.05) is 0 Å². The zero-order chi connectivity index (χ0) is 36.7. The Morgan fingerprint density at radius 3 is 1.84 bits per heavy atom. The molecule has 12 rings (SSSR count). The summed E-state index contributed by atoms with van der Waals surface area (Å²) >= 11 is 0. The number of nitrogens with zero attached hydrogens (tertiary/aromatic N) is 4. The fourth-order valence-corrected chi connectivity index (χ4v) is 8.98. The molecule has 9 aromatic carbocycles. The molecule has 0 spiro atoms. The average Bonchev–Trinajstić information content (AvgIpc) is 3.79. The molecule has 0 saturated heterocycles. The smallest absolute Gasteiger partial charge is 0.235 e. The summed E-state index contributed by atoms with van der Waals surface area (Å²) in [4.78, 5) is 10.7. The van der Waals surface area contributed by atoms with Crippen LogP contribution < -0.4 is 0 Å². The summed E-state index contributed by atoms with van der Waals surface area (Å²) in [5.74, 6) is 0.654. The number of para-hydroxylation sites is 3. The predicted octanol–water partition coefficient (Wildman–Crippen LogP) is 13.4. The summed E-state index contributed by atoms with van der Waals surface area (Å²) in [7, 11) is 0. The molecule has 0 fully saturated rings. The molecular weight excluding hydrogens is 681 g/mol. The minimum atomic E-state index is 0.654. The lowest BCUT2D eigenvalue weighted by Crippen LogP contribution is -2.03. The molecule has 0 saturated carbocycles. The summed E-state index contributed by atoms with van der Waals surface area (Å²) < 4.78 is 4.65. The van der Waals surface area contributed by atoms with Gasteiger partial charge in [0.1, 0.15) is 0 Å². The van der Waals surface area contributed by atoms with E-state index in [1.54, 1.807) is 0 Å². The van der Waals surface area contributed by atoms with E-state index in [0.29, 0.717) is 5.95 Å². The van der Waals surface area contributed by atoms with Gasteiger partial charge in [0.25, 0.3) is 0 Å². The van der Waals surface area contributed by atoms with Crippen molar-refractivity contribution in [2.24, 2.45) is 0 Å². The first-order valence-electron chi connectivity index (χ1n) is 19.1. The van der Waals surface area contributed by atoms with Gasteiger partial charge in [-0.3, -0.25) is 4.57 Å². The second-order valence-corrected chi connectivity index (χ2v) is 14.6. The lowest BCUT2D eigenvalue weighted by Gasteiger charge is -2.13. The van der Waals surface area contributed by atoms with Gasteiger partial charge in [0.2, 0.25) is 5.95 Å². The van der Waals surface area contributed by atoms with E-state index >= 15 is 0 Å². The Morgan fingerprint density at radius 2 is 0.982 bits per heavy atom. The highest BCUT2D eigenvalue weighted by molar-refractivity contribution is 6.26. The van der Waals surface area contributed by atoms with Crippen LogP contribution in [0.4, 0.5) is 0 Å². The zero-order valence-corrected chi connectivity index (χ0v) is 30.3. The number of fused-ring (bicyclic) bond motifs is 4. The van der Waals surface area contributed by atoms with Gasteiger partial charge in [-0.05, 0) is 75.5 Å². The Morgan fingerprint density at radius 1 is 0.339 bits per heavy atom. The van der Waals surface area contributed by atoms with Crippen molar-refractivity contribution in [3.63, 3.8) is 0 Å². The third-order valence-corrected chi connectivity index (χ3v) is 11.5. The van der Waals surface area contributed by atoms with Crippen LogP contribution in [0, 0.1) is 0 Å². The van der Waals surface area contributed by atoms with Gasteiger partial charge in [-0.2, -0.15) is 0 Å². The molecule has 56 heavy (non-hydrogen) atoms. The molecular formula is C52H32N4. The highest BCUT2D eigenvalue weighted by Gasteiger charge is 2.21. The summed E-state index contributed by atoms with van der Waals surface area (Å²) in [5.41, 5.74) is 13.4. The first kappa shape index (κ1) is 30.9. The molecule has 0 radical (unpaired) electrons. The zero-order valence-electron chi connectivity index (χ0n) is 30.3. The van der Waals surface area contributed by atoms with Crippen LogP contribution in [0.2, 0.25) is 0 Å². The fraction of sp³-hybridized carbons (Fsp3) is 0. The molecule has 3 heterocycles. The van der Waals surface area contributed by atoms with E-state index in [9.17, 15) is 0 Å². The third-order valence-electron chi connectivity index (χ3n) is 11.5. The third kappa shape index (κ3) is 4.53. The Hall–Kier alpha value is -7.56. The van der Waals surface area contributed by atoms with Gasteiger partial charge >= 0.3 is 0 Å². The van der Waals surface area contributed by atoms with Gasteiger partial charge in [0.15, 0.2) is 0 Å². The minimum Gasteiger partial charge on any atom is -0.309 e. The van der Waals surface area contributed by atoms with Gasteiger partial charge in [-0.25, -0.2) is 9.97 Å². The topological polar surface area (TPSA) is 35.6 Å². The summed E-state index contributed by atoms with van der Waals surface area (Å²) in [6, 6.07) is 69.6. The second-order valence-electron chi connectivity index (χ2n) is 14.6. The minimum absolute atomic E-state index is 0.654. The van der Waals surface area contributed by atoms with Crippen LogP contribution in [0.1, 0.15) is 0 Å². The molecule has 0 atom stereocenters. The van der Waals surface area contributed by atoms with Gasteiger partial charge in [-0.15, -0.1) is 0 Å². The van der Waals surface area contributed by atoms with Crippen molar-refractivity contribution in [1.82, 2.24) is 19.1 Å². The SMILES string of the molecule is c1ccc(-c2ccc(-c3nc(-n4c5ccccc5c5ccc(-c6ccc7c8c6ccc6cccc(c68)n7-c6ccccc6)cc54)nc4ccccc34)cc2)cc1. The second kappa shape index (κ2) is 12.0. The predicted molar refractivity (Wildman–Crippen MR) is 233 cm³/mol. The molecule has 0 aliphatic heterocycles. The molecule has 0 bridgehead atoms. The monoisotopic (exact) mass is 712 g/mol. The Balaban J connectivity index is 1.08. The molecule has 4 nitrogen and oxygen atoms in total. The summed E-state index contributed by atoms with van der Waals surface area (Å²) in [6.45, 7) is 0. The van der Waals surface area contributed by atoms with Crippen LogP contribution in [0.5, 0.6) is 0 Å². The Bertz CT molecular complexity index is 3450. The van der Waals surface area contributed by atoms with E-state index in [1.165, 1.54) is 60.0 Å².